The monoisotopic (exact) mass is 856 g/mol. The van der Waals surface area contributed by atoms with Crippen LogP contribution in [0.15, 0.2) is 249 Å². The van der Waals surface area contributed by atoms with Crippen molar-refractivity contribution < 1.29 is 9.47 Å². The van der Waals surface area contributed by atoms with Crippen molar-refractivity contribution in [2.75, 3.05) is 9.80 Å². The van der Waals surface area contributed by atoms with Crippen molar-refractivity contribution in [3.8, 4) is 45.3 Å². The molecule has 314 valence electrons. The van der Waals surface area contributed by atoms with Gasteiger partial charge in [-0.25, -0.2) is 0 Å². The van der Waals surface area contributed by atoms with Gasteiger partial charge in [0.25, 0.3) is 6.71 Å². The Bertz CT molecular complexity index is 3640. The molecule has 0 bridgehead atoms. The molecule has 5 heteroatoms. The van der Waals surface area contributed by atoms with E-state index in [0.717, 1.165) is 101 Å². The molecule has 0 atom stereocenters. The molecule has 67 heavy (non-hydrogen) atoms. The van der Waals surface area contributed by atoms with Crippen LogP contribution in [0.25, 0.3) is 43.8 Å². The summed E-state index contributed by atoms with van der Waals surface area (Å²) >= 11 is 0. The van der Waals surface area contributed by atoms with Crippen molar-refractivity contribution in [3.63, 3.8) is 0 Å². The van der Waals surface area contributed by atoms with Gasteiger partial charge in [-0.05, 0) is 105 Å². The second-order valence-electron chi connectivity index (χ2n) is 17.2. The van der Waals surface area contributed by atoms with Crippen molar-refractivity contribution in [2.45, 2.75) is 0 Å². The molecule has 0 fully saturated rings. The standard InChI is InChI=1S/C62H41BN2O2/c1-5-19-42(20-6-1)44-35-37-48(38-36-44)64(46-24-9-3-10-25-46)54-40-58-60(52-31-15-13-29-50(52)54)63-61-53-32-16-14-30-51(53)55(41-59(61)67-57-34-18-33-56(66-58)62(57)63)65(47-26-11-4-12-27-47)49-28-17-23-45(39-49)43-21-7-2-8-22-43/h1-41H. The third-order valence-electron chi connectivity index (χ3n) is 13.3. The molecule has 0 saturated carbocycles. The van der Waals surface area contributed by atoms with Crippen LogP contribution in [0.1, 0.15) is 0 Å². The van der Waals surface area contributed by atoms with Gasteiger partial charge >= 0.3 is 0 Å². The molecule has 0 N–H and O–H groups in total. The number of ether oxygens (including phenoxy) is 2. The van der Waals surface area contributed by atoms with E-state index in [-0.39, 0.29) is 6.71 Å². The van der Waals surface area contributed by atoms with E-state index in [0.29, 0.717) is 0 Å². The first-order valence-electron chi connectivity index (χ1n) is 22.9. The molecule has 0 unspecified atom stereocenters. The maximum Gasteiger partial charge on any atom is 0.262 e. The molecule has 2 heterocycles. The Morgan fingerprint density at radius 3 is 1.15 bits per heavy atom. The zero-order valence-electron chi connectivity index (χ0n) is 36.5. The summed E-state index contributed by atoms with van der Waals surface area (Å²) in [5.41, 5.74) is 14.3. The third kappa shape index (κ3) is 6.55. The Balaban J connectivity index is 1.02. The number of hydrogen-bond acceptors (Lipinski definition) is 4. The van der Waals surface area contributed by atoms with Crippen molar-refractivity contribution in [2.24, 2.45) is 0 Å². The largest absolute Gasteiger partial charge is 0.458 e. The molecule has 0 saturated heterocycles. The molecule has 0 aliphatic carbocycles. The minimum absolute atomic E-state index is 0.182. The molecule has 0 amide bonds. The van der Waals surface area contributed by atoms with Crippen LogP contribution in [-0.4, -0.2) is 6.71 Å². The minimum Gasteiger partial charge on any atom is -0.458 e. The Hall–Kier alpha value is -8.80. The highest BCUT2D eigenvalue weighted by molar-refractivity contribution is 7.01. The number of anilines is 6. The summed E-state index contributed by atoms with van der Waals surface area (Å²) in [6.07, 6.45) is 0. The Labute approximate surface area is 390 Å². The topological polar surface area (TPSA) is 24.9 Å². The van der Waals surface area contributed by atoms with Gasteiger partial charge in [0.2, 0.25) is 0 Å². The van der Waals surface area contributed by atoms with E-state index >= 15 is 0 Å². The Morgan fingerprint density at radius 1 is 0.254 bits per heavy atom. The minimum atomic E-state index is -0.182. The second kappa shape index (κ2) is 16.0. The zero-order chi connectivity index (χ0) is 44.3. The lowest BCUT2D eigenvalue weighted by Gasteiger charge is -2.37. The third-order valence-corrected chi connectivity index (χ3v) is 13.3. The summed E-state index contributed by atoms with van der Waals surface area (Å²) in [7, 11) is 0. The lowest BCUT2D eigenvalue weighted by atomic mass is 9.33. The molecule has 11 aromatic carbocycles. The predicted octanol–water partition coefficient (Wildman–Crippen LogP) is 15.0. The fourth-order valence-electron chi connectivity index (χ4n) is 10.4. The van der Waals surface area contributed by atoms with Crippen LogP contribution in [0, 0.1) is 0 Å². The lowest BCUT2D eigenvalue weighted by Crippen LogP contribution is -2.58. The molecule has 0 aromatic heterocycles. The van der Waals surface area contributed by atoms with Gasteiger partial charge in [0, 0.05) is 51.1 Å². The molecule has 13 rings (SSSR count). The molecule has 0 spiro atoms. The van der Waals surface area contributed by atoms with E-state index in [1.54, 1.807) is 0 Å². The fraction of sp³-hybridized carbons (Fsp3) is 0. The smallest absolute Gasteiger partial charge is 0.262 e. The first kappa shape index (κ1) is 38.6. The van der Waals surface area contributed by atoms with Crippen molar-refractivity contribution in [3.05, 3.63) is 249 Å². The van der Waals surface area contributed by atoms with Crippen LogP contribution in [0.2, 0.25) is 0 Å². The predicted molar refractivity (Wildman–Crippen MR) is 279 cm³/mol. The quantitative estimate of drug-likeness (QED) is 0.142. The highest BCUT2D eigenvalue weighted by Gasteiger charge is 2.43. The molecule has 0 radical (unpaired) electrons. The van der Waals surface area contributed by atoms with Gasteiger partial charge < -0.3 is 19.3 Å². The first-order chi connectivity index (χ1) is 33.2. The maximum atomic E-state index is 7.12. The van der Waals surface area contributed by atoms with Crippen LogP contribution >= 0.6 is 0 Å². The number of rotatable bonds is 8. The number of nitrogens with zero attached hydrogens (tertiary/aromatic N) is 2. The van der Waals surface area contributed by atoms with E-state index in [1.807, 2.05) is 6.07 Å². The average Bonchev–Trinajstić information content (AvgIpc) is 3.40. The van der Waals surface area contributed by atoms with Gasteiger partial charge in [-0.1, -0.05) is 176 Å². The highest BCUT2D eigenvalue weighted by Crippen LogP contribution is 2.47. The zero-order valence-corrected chi connectivity index (χ0v) is 36.5. The fourth-order valence-corrected chi connectivity index (χ4v) is 10.4. The van der Waals surface area contributed by atoms with Crippen LogP contribution in [0.3, 0.4) is 0 Å². The van der Waals surface area contributed by atoms with E-state index in [1.165, 1.54) is 16.7 Å². The van der Waals surface area contributed by atoms with Crippen molar-refractivity contribution >= 4 is 78.8 Å². The summed E-state index contributed by atoms with van der Waals surface area (Å²) in [4.78, 5) is 4.73. The van der Waals surface area contributed by atoms with Gasteiger partial charge in [-0.3, -0.25) is 0 Å². The maximum absolute atomic E-state index is 7.12. The van der Waals surface area contributed by atoms with Crippen molar-refractivity contribution in [1.82, 2.24) is 0 Å². The number of para-hydroxylation sites is 2. The van der Waals surface area contributed by atoms with E-state index in [2.05, 4.69) is 252 Å². The summed E-state index contributed by atoms with van der Waals surface area (Å²) in [6, 6.07) is 88.5. The summed E-state index contributed by atoms with van der Waals surface area (Å²) in [6.45, 7) is -0.182. The summed E-state index contributed by atoms with van der Waals surface area (Å²) in [5, 5.41) is 4.52. The number of hydrogen-bond donors (Lipinski definition) is 0. The van der Waals surface area contributed by atoms with Crippen molar-refractivity contribution in [1.29, 1.82) is 0 Å². The van der Waals surface area contributed by atoms with Gasteiger partial charge in [-0.15, -0.1) is 0 Å². The van der Waals surface area contributed by atoms with Crippen LogP contribution in [0.5, 0.6) is 23.0 Å². The highest BCUT2D eigenvalue weighted by atomic mass is 16.5. The molecule has 4 nitrogen and oxygen atoms in total. The summed E-state index contributed by atoms with van der Waals surface area (Å²) < 4.78 is 14.2. The summed E-state index contributed by atoms with van der Waals surface area (Å²) in [5.74, 6) is 3.26. The molecule has 2 aliphatic heterocycles. The van der Waals surface area contributed by atoms with Crippen LogP contribution < -0.4 is 35.7 Å². The van der Waals surface area contributed by atoms with Gasteiger partial charge in [-0.2, -0.15) is 0 Å². The van der Waals surface area contributed by atoms with E-state index in [4.69, 9.17) is 9.47 Å². The van der Waals surface area contributed by atoms with Gasteiger partial charge in [0.05, 0.1) is 11.4 Å². The SMILES string of the molecule is c1ccc(-c2ccc(N(c3ccccc3)c3cc4c(c5ccccc35)B3c5c(cccc5Oc5cc(N(c6ccccc6)c6cccc(-c7ccccc7)c6)c6ccccc6c53)O4)cc2)cc1. The number of fused-ring (bicyclic) bond motifs is 8. The Kier molecular flexibility index (Phi) is 9.24. The van der Waals surface area contributed by atoms with Gasteiger partial charge in [0.1, 0.15) is 23.0 Å². The second-order valence-corrected chi connectivity index (χ2v) is 17.2. The van der Waals surface area contributed by atoms with Crippen LogP contribution in [0.4, 0.5) is 34.1 Å². The molecule has 11 aromatic rings. The first-order valence-corrected chi connectivity index (χ1v) is 22.9. The Morgan fingerprint density at radius 2 is 0.627 bits per heavy atom. The van der Waals surface area contributed by atoms with Gasteiger partial charge in [0.15, 0.2) is 0 Å². The number of benzene rings is 11. The normalized spacial score (nSPS) is 12.1. The molecule has 2 aliphatic rings. The molecular formula is C62H41BN2O2. The van der Waals surface area contributed by atoms with Crippen LogP contribution in [-0.2, 0) is 0 Å². The average molecular weight is 857 g/mol. The van der Waals surface area contributed by atoms with E-state index < -0.39 is 0 Å². The molecular weight excluding hydrogens is 816 g/mol. The lowest BCUT2D eigenvalue weighted by molar-refractivity contribution is 0.465. The van der Waals surface area contributed by atoms with E-state index in [9.17, 15) is 0 Å².